The smallest absolute Gasteiger partial charge is 0.123 e. The quantitative estimate of drug-likeness (QED) is 0.822. The number of β-amino-alcohol motifs (C(OH)–C–C–N with tert-alkyl or cyclic N) is 1. The molecule has 1 heterocycles. The van der Waals surface area contributed by atoms with E-state index in [4.69, 9.17) is 4.74 Å². The van der Waals surface area contributed by atoms with Crippen LogP contribution in [-0.4, -0.2) is 55.4 Å². The van der Waals surface area contributed by atoms with Crippen LogP contribution in [0.3, 0.4) is 0 Å². The molecule has 0 spiro atoms. The lowest BCUT2D eigenvalue weighted by atomic mass is 9.86. The van der Waals surface area contributed by atoms with Gasteiger partial charge < -0.3 is 14.7 Å². The van der Waals surface area contributed by atoms with E-state index in [1.165, 1.54) is 12.1 Å². The summed E-state index contributed by atoms with van der Waals surface area (Å²) in [6, 6.07) is 14.7. The van der Waals surface area contributed by atoms with Gasteiger partial charge in [0, 0.05) is 38.4 Å². The summed E-state index contributed by atoms with van der Waals surface area (Å²) in [5, 5.41) is 10.4. The maximum absolute atomic E-state index is 13.1. The van der Waals surface area contributed by atoms with Gasteiger partial charge in [0.15, 0.2) is 0 Å². The van der Waals surface area contributed by atoms with Crippen molar-refractivity contribution >= 4 is 5.69 Å². The highest BCUT2D eigenvalue weighted by molar-refractivity contribution is 5.46. The van der Waals surface area contributed by atoms with E-state index >= 15 is 0 Å². The van der Waals surface area contributed by atoms with Gasteiger partial charge in [-0.1, -0.05) is 39.0 Å². The minimum atomic E-state index is -0.537. The lowest BCUT2D eigenvalue weighted by Gasteiger charge is -2.37. The molecule has 4 nitrogen and oxygen atoms in total. The van der Waals surface area contributed by atoms with Crippen molar-refractivity contribution < 1.29 is 14.2 Å². The summed E-state index contributed by atoms with van der Waals surface area (Å²) in [6.45, 7) is 10.8. The van der Waals surface area contributed by atoms with Crippen molar-refractivity contribution in [2.45, 2.75) is 32.3 Å². The summed E-state index contributed by atoms with van der Waals surface area (Å²) in [4.78, 5) is 4.50. The number of anilines is 1. The summed E-state index contributed by atoms with van der Waals surface area (Å²) < 4.78 is 19.0. The van der Waals surface area contributed by atoms with Crippen molar-refractivity contribution in [2.24, 2.45) is 0 Å². The Labute approximate surface area is 167 Å². The molecule has 0 saturated carbocycles. The van der Waals surface area contributed by atoms with Gasteiger partial charge in [-0.2, -0.15) is 0 Å². The fraction of sp³-hybridized carbons (Fsp3) is 0.478. The molecule has 0 radical (unpaired) electrons. The molecular weight excluding hydrogens is 355 g/mol. The number of piperazine rings is 1. The van der Waals surface area contributed by atoms with Gasteiger partial charge in [0.25, 0.3) is 0 Å². The Balaban J connectivity index is 1.46. The first-order valence-electron chi connectivity index (χ1n) is 9.96. The van der Waals surface area contributed by atoms with Crippen LogP contribution in [0, 0.1) is 5.82 Å². The van der Waals surface area contributed by atoms with E-state index in [2.05, 4.69) is 36.6 Å². The second-order valence-electron chi connectivity index (χ2n) is 8.48. The van der Waals surface area contributed by atoms with E-state index in [0.717, 1.165) is 43.2 Å². The van der Waals surface area contributed by atoms with Gasteiger partial charge in [0.1, 0.15) is 24.3 Å². The number of aliphatic hydroxyl groups excluding tert-OH is 1. The summed E-state index contributed by atoms with van der Waals surface area (Å²) in [6.07, 6.45) is -0.537. The zero-order valence-electron chi connectivity index (χ0n) is 17.1. The molecule has 3 rings (SSSR count). The standard InChI is InChI=1S/C23H31FN2O2/c1-23(2,3)21-6-4-5-7-22(21)28-17-20(27)16-25-12-14-26(15-13-25)19-10-8-18(24)9-11-19/h4-11,20,27H,12-17H2,1-3H3. The molecule has 1 saturated heterocycles. The molecule has 0 bridgehead atoms. The minimum Gasteiger partial charge on any atom is -0.491 e. The van der Waals surface area contributed by atoms with Crippen molar-refractivity contribution in [1.82, 2.24) is 4.90 Å². The third kappa shape index (κ3) is 5.46. The van der Waals surface area contributed by atoms with E-state index in [1.807, 2.05) is 30.3 Å². The highest BCUT2D eigenvalue weighted by Crippen LogP contribution is 2.31. The maximum atomic E-state index is 13.1. The van der Waals surface area contributed by atoms with Gasteiger partial charge >= 0.3 is 0 Å². The maximum Gasteiger partial charge on any atom is 0.123 e. The van der Waals surface area contributed by atoms with Crippen LogP contribution < -0.4 is 9.64 Å². The molecule has 1 aliphatic rings. The Morgan fingerprint density at radius 2 is 1.64 bits per heavy atom. The summed E-state index contributed by atoms with van der Waals surface area (Å²) in [5.41, 5.74) is 2.19. The second-order valence-corrected chi connectivity index (χ2v) is 8.48. The second kappa shape index (κ2) is 8.93. The number of hydrogen-bond acceptors (Lipinski definition) is 4. The molecule has 1 aliphatic heterocycles. The average molecular weight is 387 g/mol. The number of ether oxygens (including phenoxy) is 1. The number of hydrogen-bond donors (Lipinski definition) is 1. The largest absolute Gasteiger partial charge is 0.491 e. The average Bonchev–Trinajstić information content (AvgIpc) is 2.67. The molecule has 1 fully saturated rings. The molecule has 1 unspecified atom stereocenters. The number of halogens is 1. The Kier molecular flexibility index (Phi) is 6.57. The molecule has 2 aromatic rings. The fourth-order valence-electron chi connectivity index (χ4n) is 3.59. The van der Waals surface area contributed by atoms with Crippen molar-refractivity contribution in [3.05, 3.63) is 59.9 Å². The predicted molar refractivity (Wildman–Crippen MR) is 112 cm³/mol. The van der Waals surface area contributed by atoms with Crippen LogP contribution in [0.2, 0.25) is 0 Å². The Morgan fingerprint density at radius 3 is 2.29 bits per heavy atom. The molecule has 28 heavy (non-hydrogen) atoms. The highest BCUT2D eigenvalue weighted by atomic mass is 19.1. The van der Waals surface area contributed by atoms with Crippen molar-refractivity contribution in [3.63, 3.8) is 0 Å². The zero-order chi connectivity index (χ0) is 20.1. The molecule has 1 atom stereocenters. The fourth-order valence-corrected chi connectivity index (χ4v) is 3.59. The van der Waals surface area contributed by atoms with E-state index in [9.17, 15) is 9.50 Å². The first-order valence-corrected chi connectivity index (χ1v) is 9.96. The third-order valence-electron chi connectivity index (χ3n) is 5.16. The number of rotatable bonds is 6. The summed E-state index contributed by atoms with van der Waals surface area (Å²) in [7, 11) is 0. The SMILES string of the molecule is CC(C)(C)c1ccccc1OCC(O)CN1CCN(c2ccc(F)cc2)CC1. The molecule has 0 aliphatic carbocycles. The molecule has 2 aromatic carbocycles. The Hall–Kier alpha value is -2.11. The van der Waals surface area contributed by atoms with Gasteiger partial charge in [0.2, 0.25) is 0 Å². The van der Waals surface area contributed by atoms with Crippen LogP contribution in [0.1, 0.15) is 26.3 Å². The van der Waals surface area contributed by atoms with Gasteiger partial charge in [-0.05, 0) is 41.3 Å². The van der Waals surface area contributed by atoms with Crippen LogP contribution >= 0.6 is 0 Å². The number of para-hydroxylation sites is 1. The highest BCUT2D eigenvalue weighted by Gasteiger charge is 2.21. The Bertz CT molecular complexity index is 750. The molecular formula is C23H31FN2O2. The summed E-state index contributed by atoms with van der Waals surface area (Å²) in [5.74, 6) is 0.633. The van der Waals surface area contributed by atoms with Gasteiger partial charge in [-0.25, -0.2) is 4.39 Å². The van der Waals surface area contributed by atoms with E-state index in [-0.39, 0.29) is 17.8 Å². The van der Waals surface area contributed by atoms with Crippen molar-refractivity contribution in [3.8, 4) is 5.75 Å². The van der Waals surface area contributed by atoms with Crippen molar-refractivity contribution in [2.75, 3.05) is 44.2 Å². The molecule has 5 heteroatoms. The Morgan fingerprint density at radius 1 is 1.00 bits per heavy atom. The van der Waals surface area contributed by atoms with E-state index < -0.39 is 6.10 Å². The van der Waals surface area contributed by atoms with Crippen LogP contribution in [0.15, 0.2) is 48.5 Å². The van der Waals surface area contributed by atoms with Crippen molar-refractivity contribution in [1.29, 1.82) is 0 Å². The molecule has 0 amide bonds. The molecule has 152 valence electrons. The predicted octanol–water partition coefficient (Wildman–Crippen LogP) is 3.69. The monoisotopic (exact) mass is 386 g/mol. The normalized spacial score (nSPS) is 16.8. The lowest BCUT2D eigenvalue weighted by molar-refractivity contribution is 0.0656. The minimum absolute atomic E-state index is 0.00176. The van der Waals surface area contributed by atoms with Gasteiger partial charge in [0.05, 0.1) is 0 Å². The topological polar surface area (TPSA) is 35.9 Å². The zero-order valence-corrected chi connectivity index (χ0v) is 17.1. The van der Waals surface area contributed by atoms with Crippen LogP contribution in [0.5, 0.6) is 5.75 Å². The first-order chi connectivity index (χ1) is 13.3. The van der Waals surface area contributed by atoms with Crippen LogP contribution in [-0.2, 0) is 5.41 Å². The lowest BCUT2D eigenvalue weighted by Crippen LogP contribution is -2.49. The van der Waals surface area contributed by atoms with E-state index in [0.29, 0.717) is 6.54 Å². The number of benzene rings is 2. The van der Waals surface area contributed by atoms with Crippen LogP contribution in [0.25, 0.3) is 0 Å². The number of aliphatic hydroxyl groups is 1. The van der Waals surface area contributed by atoms with Gasteiger partial charge in [-0.15, -0.1) is 0 Å². The third-order valence-corrected chi connectivity index (χ3v) is 5.16. The number of nitrogens with zero attached hydrogens (tertiary/aromatic N) is 2. The molecule has 1 N–H and O–H groups in total. The van der Waals surface area contributed by atoms with E-state index in [1.54, 1.807) is 0 Å². The molecule has 0 aromatic heterocycles. The summed E-state index contributed by atoms with van der Waals surface area (Å²) >= 11 is 0. The first kappa shape index (κ1) is 20.6. The van der Waals surface area contributed by atoms with Gasteiger partial charge in [-0.3, -0.25) is 4.90 Å². The van der Waals surface area contributed by atoms with Crippen LogP contribution in [0.4, 0.5) is 10.1 Å².